The summed E-state index contributed by atoms with van der Waals surface area (Å²) in [4.78, 5) is 13.2. The number of methoxy groups -OCH3 is 1. The molecule has 0 spiro atoms. The van der Waals surface area contributed by atoms with E-state index in [0.717, 1.165) is 11.3 Å². The van der Waals surface area contributed by atoms with Gasteiger partial charge in [-0.1, -0.05) is 0 Å². The van der Waals surface area contributed by atoms with E-state index in [-0.39, 0.29) is 5.97 Å². The minimum atomic E-state index is -0.293. The van der Waals surface area contributed by atoms with Gasteiger partial charge in [-0.3, -0.25) is 0 Å². The molecule has 0 radical (unpaired) electrons. The number of nitrogens with zero attached hydrogens (tertiary/aromatic N) is 1. The van der Waals surface area contributed by atoms with Crippen LogP contribution < -0.4 is 4.90 Å². The molecule has 1 aromatic rings. The Morgan fingerprint density at radius 1 is 1.36 bits per heavy atom. The van der Waals surface area contributed by atoms with E-state index in [4.69, 9.17) is 0 Å². The fourth-order valence-electron chi connectivity index (χ4n) is 1.40. The summed E-state index contributed by atoms with van der Waals surface area (Å²) < 4.78 is 4.64. The maximum atomic E-state index is 11.2. The zero-order valence-corrected chi connectivity index (χ0v) is 9.00. The Hall–Kier alpha value is -1.51. The lowest BCUT2D eigenvalue weighted by atomic mass is 10.1. The second kappa shape index (κ2) is 4.13. The molecule has 0 aromatic heterocycles. The van der Waals surface area contributed by atoms with Gasteiger partial charge in [-0.05, 0) is 30.7 Å². The molecule has 0 amide bonds. The summed E-state index contributed by atoms with van der Waals surface area (Å²) >= 11 is 0. The maximum Gasteiger partial charge on any atom is 0.337 e. The van der Waals surface area contributed by atoms with Gasteiger partial charge in [0.15, 0.2) is 0 Å². The number of aryl methyl sites for hydroxylation is 1. The third-order valence-electron chi connectivity index (χ3n) is 2.10. The molecule has 0 aliphatic heterocycles. The molecule has 1 aromatic carbocycles. The highest BCUT2D eigenvalue weighted by atomic mass is 16.5. The van der Waals surface area contributed by atoms with Crippen LogP contribution in [0.4, 0.5) is 5.69 Å². The van der Waals surface area contributed by atoms with Crippen molar-refractivity contribution in [2.75, 3.05) is 26.1 Å². The molecule has 0 unspecified atom stereocenters. The van der Waals surface area contributed by atoms with E-state index in [1.807, 2.05) is 38.1 Å². The van der Waals surface area contributed by atoms with Gasteiger partial charge in [-0.15, -0.1) is 0 Å². The first-order chi connectivity index (χ1) is 6.56. The monoisotopic (exact) mass is 193 g/mol. The lowest BCUT2D eigenvalue weighted by Crippen LogP contribution is -2.11. The molecule has 0 fully saturated rings. The molecular weight excluding hydrogens is 178 g/mol. The number of carbonyl (C=O) groups is 1. The SMILES string of the molecule is COC(=O)c1ccc(N(C)C)c(C)c1. The molecule has 0 aliphatic carbocycles. The summed E-state index contributed by atoms with van der Waals surface area (Å²) in [5.74, 6) is -0.293. The third kappa shape index (κ3) is 2.05. The zero-order chi connectivity index (χ0) is 10.7. The molecule has 3 heteroatoms. The fourth-order valence-corrected chi connectivity index (χ4v) is 1.40. The number of hydrogen-bond acceptors (Lipinski definition) is 3. The van der Waals surface area contributed by atoms with Gasteiger partial charge in [-0.2, -0.15) is 0 Å². The average Bonchev–Trinajstić information content (AvgIpc) is 2.15. The maximum absolute atomic E-state index is 11.2. The molecule has 0 saturated heterocycles. The van der Waals surface area contributed by atoms with Gasteiger partial charge in [0.2, 0.25) is 0 Å². The molecule has 1 rings (SSSR count). The van der Waals surface area contributed by atoms with Gasteiger partial charge in [0.05, 0.1) is 12.7 Å². The van der Waals surface area contributed by atoms with E-state index in [9.17, 15) is 4.79 Å². The third-order valence-corrected chi connectivity index (χ3v) is 2.10. The summed E-state index contributed by atoms with van der Waals surface area (Å²) in [6.07, 6.45) is 0. The van der Waals surface area contributed by atoms with Crippen molar-refractivity contribution in [1.82, 2.24) is 0 Å². The number of carbonyl (C=O) groups excluding carboxylic acids is 1. The van der Waals surface area contributed by atoms with Crippen molar-refractivity contribution in [2.45, 2.75) is 6.92 Å². The summed E-state index contributed by atoms with van der Waals surface area (Å²) in [6, 6.07) is 5.52. The number of esters is 1. The van der Waals surface area contributed by atoms with Gasteiger partial charge < -0.3 is 9.64 Å². The Labute approximate surface area is 84.3 Å². The van der Waals surface area contributed by atoms with Crippen LogP contribution in [-0.4, -0.2) is 27.2 Å². The first kappa shape index (κ1) is 10.6. The highest BCUT2D eigenvalue weighted by molar-refractivity contribution is 5.90. The molecule has 0 saturated carbocycles. The Morgan fingerprint density at radius 2 is 2.00 bits per heavy atom. The number of benzene rings is 1. The van der Waals surface area contributed by atoms with E-state index in [1.54, 1.807) is 6.07 Å². The topological polar surface area (TPSA) is 29.5 Å². The van der Waals surface area contributed by atoms with Crippen molar-refractivity contribution in [2.24, 2.45) is 0 Å². The molecule has 3 nitrogen and oxygen atoms in total. The average molecular weight is 193 g/mol. The Balaban J connectivity index is 3.06. The van der Waals surface area contributed by atoms with Crippen LogP contribution in [0.3, 0.4) is 0 Å². The van der Waals surface area contributed by atoms with Crippen LogP contribution in [0.15, 0.2) is 18.2 Å². The van der Waals surface area contributed by atoms with Crippen LogP contribution >= 0.6 is 0 Å². The Bertz CT molecular complexity index is 345. The lowest BCUT2D eigenvalue weighted by molar-refractivity contribution is 0.0600. The summed E-state index contributed by atoms with van der Waals surface area (Å²) in [6.45, 7) is 1.97. The fraction of sp³-hybridized carbons (Fsp3) is 0.364. The predicted molar refractivity (Wildman–Crippen MR) is 56.8 cm³/mol. The van der Waals surface area contributed by atoms with Crippen molar-refractivity contribution in [1.29, 1.82) is 0 Å². The molecular formula is C11H15NO2. The van der Waals surface area contributed by atoms with Crippen molar-refractivity contribution in [3.8, 4) is 0 Å². The minimum absolute atomic E-state index is 0.293. The van der Waals surface area contributed by atoms with Crippen LogP contribution in [0.2, 0.25) is 0 Å². The molecule has 14 heavy (non-hydrogen) atoms. The normalized spacial score (nSPS) is 9.71. The van der Waals surface area contributed by atoms with E-state index in [0.29, 0.717) is 5.56 Å². The Morgan fingerprint density at radius 3 is 2.43 bits per heavy atom. The first-order valence-electron chi connectivity index (χ1n) is 4.42. The van der Waals surface area contributed by atoms with Crippen molar-refractivity contribution in [3.05, 3.63) is 29.3 Å². The first-order valence-corrected chi connectivity index (χ1v) is 4.42. The largest absolute Gasteiger partial charge is 0.465 e. The van der Waals surface area contributed by atoms with Crippen LogP contribution in [0.5, 0.6) is 0 Å². The standard InChI is InChI=1S/C11H15NO2/c1-8-7-9(11(13)14-4)5-6-10(8)12(2)3/h5-7H,1-4H3. The second-order valence-corrected chi connectivity index (χ2v) is 3.39. The Kier molecular flexibility index (Phi) is 3.12. The van der Waals surface area contributed by atoms with Gasteiger partial charge >= 0.3 is 5.97 Å². The predicted octanol–water partition coefficient (Wildman–Crippen LogP) is 1.85. The summed E-state index contributed by atoms with van der Waals surface area (Å²) in [5.41, 5.74) is 2.77. The number of anilines is 1. The molecule has 0 aliphatic rings. The van der Waals surface area contributed by atoms with E-state index in [2.05, 4.69) is 4.74 Å². The van der Waals surface area contributed by atoms with Crippen LogP contribution in [-0.2, 0) is 4.74 Å². The van der Waals surface area contributed by atoms with Gasteiger partial charge in [0.25, 0.3) is 0 Å². The van der Waals surface area contributed by atoms with Gasteiger partial charge in [0, 0.05) is 19.8 Å². The smallest absolute Gasteiger partial charge is 0.337 e. The lowest BCUT2D eigenvalue weighted by Gasteiger charge is -2.15. The van der Waals surface area contributed by atoms with Crippen molar-refractivity contribution < 1.29 is 9.53 Å². The minimum Gasteiger partial charge on any atom is -0.465 e. The van der Waals surface area contributed by atoms with E-state index >= 15 is 0 Å². The molecule has 0 N–H and O–H groups in total. The molecule has 76 valence electrons. The summed E-state index contributed by atoms with van der Waals surface area (Å²) in [5, 5.41) is 0. The van der Waals surface area contributed by atoms with Crippen LogP contribution in [0, 0.1) is 6.92 Å². The van der Waals surface area contributed by atoms with Crippen LogP contribution in [0.1, 0.15) is 15.9 Å². The molecule has 0 heterocycles. The second-order valence-electron chi connectivity index (χ2n) is 3.39. The summed E-state index contributed by atoms with van der Waals surface area (Å²) in [7, 11) is 5.33. The number of rotatable bonds is 2. The van der Waals surface area contributed by atoms with Gasteiger partial charge in [0.1, 0.15) is 0 Å². The van der Waals surface area contributed by atoms with Crippen LogP contribution in [0.25, 0.3) is 0 Å². The van der Waals surface area contributed by atoms with E-state index in [1.165, 1.54) is 7.11 Å². The van der Waals surface area contributed by atoms with Crippen molar-refractivity contribution in [3.63, 3.8) is 0 Å². The highest BCUT2D eigenvalue weighted by Crippen LogP contribution is 2.19. The van der Waals surface area contributed by atoms with Gasteiger partial charge in [-0.25, -0.2) is 4.79 Å². The number of ether oxygens (including phenoxy) is 1. The van der Waals surface area contributed by atoms with E-state index < -0.39 is 0 Å². The highest BCUT2D eigenvalue weighted by Gasteiger charge is 2.07. The molecule has 0 atom stereocenters. The van der Waals surface area contributed by atoms with Crippen molar-refractivity contribution >= 4 is 11.7 Å². The number of hydrogen-bond donors (Lipinski definition) is 0. The molecule has 0 bridgehead atoms. The quantitative estimate of drug-likeness (QED) is 0.671. The zero-order valence-electron chi connectivity index (χ0n) is 9.00.